The second-order valence-electron chi connectivity index (χ2n) is 6.23. The highest BCUT2D eigenvalue weighted by atomic mass is 16.5. The topological polar surface area (TPSA) is 103 Å². The molecule has 0 saturated carbocycles. The molecule has 0 fully saturated rings. The van der Waals surface area contributed by atoms with Crippen molar-refractivity contribution in [2.75, 3.05) is 26.1 Å². The van der Waals surface area contributed by atoms with Gasteiger partial charge in [-0.2, -0.15) is 0 Å². The minimum absolute atomic E-state index is 0.209. The first-order valence-corrected chi connectivity index (χ1v) is 8.90. The Morgan fingerprint density at radius 1 is 1.00 bits per heavy atom. The lowest BCUT2D eigenvalue weighted by molar-refractivity contribution is -0.124. The quantitative estimate of drug-likeness (QED) is 0.661. The summed E-state index contributed by atoms with van der Waals surface area (Å²) < 4.78 is 15.6. The Labute approximate surface area is 169 Å². The molecule has 8 heteroatoms. The number of carbonyl (C=O) groups is 3. The molecule has 2 amide bonds. The highest BCUT2D eigenvalue weighted by Gasteiger charge is 2.17. The van der Waals surface area contributed by atoms with Crippen molar-refractivity contribution in [3.05, 3.63) is 53.6 Å². The number of hydrogen-bond donors (Lipinski definition) is 2. The van der Waals surface area contributed by atoms with Crippen LogP contribution in [0.4, 0.5) is 5.69 Å². The Morgan fingerprint density at radius 2 is 1.69 bits per heavy atom. The van der Waals surface area contributed by atoms with E-state index in [9.17, 15) is 14.4 Å². The van der Waals surface area contributed by atoms with Crippen LogP contribution in [-0.2, 0) is 14.3 Å². The van der Waals surface area contributed by atoms with Crippen LogP contribution in [0.1, 0.15) is 35.8 Å². The van der Waals surface area contributed by atoms with Gasteiger partial charge in [-0.1, -0.05) is 0 Å². The molecule has 154 valence electrons. The first-order chi connectivity index (χ1) is 13.8. The average Bonchev–Trinajstić information content (AvgIpc) is 2.71. The lowest BCUT2D eigenvalue weighted by atomic mass is 10.1. The number of rotatable bonds is 8. The second-order valence-corrected chi connectivity index (χ2v) is 6.23. The van der Waals surface area contributed by atoms with Gasteiger partial charge in [0, 0.05) is 18.2 Å². The Kier molecular flexibility index (Phi) is 7.59. The van der Waals surface area contributed by atoms with E-state index in [4.69, 9.17) is 14.2 Å². The monoisotopic (exact) mass is 400 g/mol. The maximum absolute atomic E-state index is 12.2. The van der Waals surface area contributed by atoms with Crippen LogP contribution < -0.4 is 20.1 Å². The zero-order valence-corrected chi connectivity index (χ0v) is 16.8. The van der Waals surface area contributed by atoms with Crippen LogP contribution in [-0.4, -0.2) is 38.6 Å². The van der Waals surface area contributed by atoms with Gasteiger partial charge < -0.3 is 24.8 Å². The number of ether oxygens (including phenoxy) is 3. The van der Waals surface area contributed by atoms with Crippen molar-refractivity contribution in [1.29, 1.82) is 0 Å². The van der Waals surface area contributed by atoms with Gasteiger partial charge in [-0.3, -0.25) is 9.59 Å². The summed E-state index contributed by atoms with van der Waals surface area (Å²) in [5.41, 5.74) is 1.57. The van der Waals surface area contributed by atoms with Crippen molar-refractivity contribution in [1.82, 2.24) is 5.32 Å². The molecule has 0 saturated heterocycles. The van der Waals surface area contributed by atoms with Gasteiger partial charge in [-0.15, -0.1) is 0 Å². The minimum atomic E-state index is -0.638. The van der Waals surface area contributed by atoms with E-state index in [2.05, 4.69) is 10.6 Å². The molecule has 0 aliphatic carbocycles. The van der Waals surface area contributed by atoms with Gasteiger partial charge in [0.25, 0.3) is 5.91 Å². The Bertz CT molecular complexity index is 879. The summed E-state index contributed by atoms with van der Waals surface area (Å²) in [7, 11) is 3.09. The molecule has 0 aliphatic heterocycles. The zero-order valence-electron chi connectivity index (χ0n) is 16.8. The van der Waals surface area contributed by atoms with Gasteiger partial charge in [0.15, 0.2) is 6.61 Å². The van der Waals surface area contributed by atoms with Gasteiger partial charge in [0.05, 0.1) is 25.8 Å². The highest BCUT2D eigenvalue weighted by Crippen LogP contribution is 2.29. The third-order valence-corrected chi connectivity index (χ3v) is 4.06. The summed E-state index contributed by atoms with van der Waals surface area (Å²) >= 11 is 0. The number of nitrogens with one attached hydrogen (secondary N) is 2. The number of esters is 1. The van der Waals surface area contributed by atoms with Crippen LogP contribution in [0.3, 0.4) is 0 Å². The molecular weight excluding hydrogens is 376 g/mol. The molecule has 0 heterocycles. The Morgan fingerprint density at radius 3 is 2.28 bits per heavy atom. The van der Waals surface area contributed by atoms with Gasteiger partial charge in [0.1, 0.15) is 11.5 Å². The third-order valence-electron chi connectivity index (χ3n) is 4.06. The predicted octanol–water partition coefficient (Wildman–Crippen LogP) is 2.70. The van der Waals surface area contributed by atoms with Crippen molar-refractivity contribution in [2.45, 2.75) is 19.9 Å². The Balaban J connectivity index is 1.92. The number of amides is 2. The minimum Gasteiger partial charge on any atom is -0.497 e. The first-order valence-electron chi connectivity index (χ1n) is 8.90. The Hall–Kier alpha value is -3.55. The molecule has 2 N–H and O–H groups in total. The number of anilines is 1. The van der Waals surface area contributed by atoms with E-state index in [-0.39, 0.29) is 17.5 Å². The standard InChI is InChI=1S/C21H24N2O6/c1-13(18-11-17(27-3)9-10-19(18)28-4)22-20(25)12-29-21(26)15-5-7-16(8-6-15)23-14(2)24/h5-11,13H,12H2,1-4H3,(H,22,25)(H,23,24)/t13-/m0/s1. The SMILES string of the molecule is COc1ccc(OC)c([C@H](C)NC(=O)COC(=O)c2ccc(NC(C)=O)cc2)c1. The molecule has 0 bridgehead atoms. The predicted molar refractivity (Wildman–Crippen MR) is 107 cm³/mol. The molecule has 29 heavy (non-hydrogen) atoms. The van der Waals surface area contributed by atoms with E-state index >= 15 is 0 Å². The number of methoxy groups -OCH3 is 2. The number of carbonyl (C=O) groups excluding carboxylic acids is 3. The summed E-state index contributed by atoms with van der Waals surface area (Å²) in [6.07, 6.45) is 0. The molecular formula is C21H24N2O6. The van der Waals surface area contributed by atoms with Gasteiger partial charge >= 0.3 is 5.97 Å². The van der Waals surface area contributed by atoms with E-state index in [0.29, 0.717) is 17.2 Å². The highest BCUT2D eigenvalue weighted by molar-refractivity contribution is 5.93. The van der Waals surface area contributed by atoms with Crippen LogP contribution in [0.15, 0.2) is 42.5 Å². The summed E-state index contributed by atoms with van der Waals surface area (Å²) in [6.45, 7) is 2.75. The van der Waals surface area contributed by atoms with Crippen LogP contribution >= 0.6 is 0 Å². The molecule has 2 rings (SSSR count). The number of hydrogen-bond acceptors (Lipinski definition) is 6. The van der Waals surface area contributed by atoms with Crippen LogP contribution in [0.25, 0.3) is 0 Å². The van der Waals surface area contributed by atoms with Gasteiger partial charge in [-0.25, -0.2) is 4.79 Å². The molecule has 2 aromatic carbocycles. The van der Waals surface area contributed by atoms with E-state index in [0.717, 1.165) is 5.56 Å². The van der Waals surface area contributed by atoms with Crippen LogP contribution in [0.2, 0.25) is 0 Å². The smallest absolute Gasteiger partial charge is 0.338 e. The van der Waals surface area contributed by atoms with E-state index in [1.54, 1.807) is 51.5 Å². The largest absolute Gasteiger partial charge is 0.497 e. The molecule has 0 spiro atoms. The molecule has 0 radical (unpaired) electrons. The van der Waals surface area contributed by atoms with Gasteiger partial charge in [0.2, 0.25) is 5.91 Å². The van der Waals surface area contributed by atoms with E-state index in [1.807, 2.05) is 0 Å². The maximum atomic E-state index is 12.2. The fourth-order valence-corrected chi connectivity index (χ4v) is 2.65. The number of benzene rings is 2. The summed E-state index contributed by atoms with van der Waals surface area (Å²) in [5.74, 6) is -0.0589. The van der Waals surface area contributed by atoms with E-state index < -0.39 is 18.5 Å². The van der Waals surface area contributed by atoms with Crippen molar-refractivity contribution in [3.8, 4) is 11.5 Å². The first kappa shape index (κ1) is 21.7. The zero-order chi connectivity index (χ0) is 21.4. The summed E-state index contributed by atoms with van der Waals surface area (Å²) in [6, 6.07) is 11.1. The molecule has 0 aliphatic rings. The molecule has 0 unspecified atom stereocenters. The lowest BCUT2D eigenvalue weighted by Gasteiger charge is -2.18. The lowest BCUT2D eigenvalue weighted by Crippen LogP contribution is -2.31. The summed E-state index contributed by atoms with van der Waals surface area (Å²) in [4.78, 5) is 35.3. The van der Waals surface area contributed by atoms with Crippen molar-refractivity contribution in [3.63, 3.8) is 0 Å². The summed E-state index contributed by atoms with van der Waals surface area (Å²) in [5, 5.41) is 5.36. The second kappa shape index (κ2) is 10.1. The van der Waals surface area contributed by atoms with Crippen molar-refractivity contribution < 1.29 is 28.6 Å². The molecule has 1 atom stereocenters. The van der Waals surface area contributed by atoms with Crippen LogP contribution in [0, 0.1) is 0 Å². The fourth-order valence-electron chi connectivity index (χ4n) is 2.65. The van der Waals surface area contributed by atoms with Crippen molar-refractivity contribution in [2.24, 2.45) is 0 Å². The van der Waals surface area contributed by atoms with Gasteiger partial charge in [-0.05, 0) is 49.4 Å². The molecule has 0 aromatic heterocycles. The average molecular weight is 400 g/mol. The fraction of sp³-hybridized carbons (Fsp3) is 0.286. The maximum Gasteiger partial charge on any atom is 0.338 e. The van der Waals surface area contributed by atoms with E-state index in [1.165, 1.54) is 19.1 Å². The normalized spacial score (nSPS) is 11.2. The molecule has 8 nitrogen and oxygen atoms in total. The molecule has 2 aromatic rings. The third kappa shape index (κ3) is 6.24. The van der Waals surface area contributed by atoms with Crippen LogP contribution in [0.5, 0.6) is 11.5 Å². The van der Waals surface area contributed by atoms with Crippen molar-refractivity contribution >= 4 is 23.5 Å².